The molecule has 0 bridgehead atoms. The van der Waals surface area contributed by atoms with Gasteiger partial charge in [-0.2, -0.15) is 0 Å². The highest BCUT2D eigenvalue weighted by Crippen LogP contribution is 2.23. The van der Waals surface area contributed by atoms with Crippen LogP contribution >= 0.6 is 11.8 Å². The topological polar surface area (TPSA) is 67.2 Å². The van der Waals surface area contributed by atoms with E-state index in [2.05, 4.69) is 31.1 Å². The highest BCUT2D eigenvalue weighted by Gasteiger charge is 2.17. The number of carbonyl (C=O) groups is 1. The number of nitrogens with zero attached hydrogens (tertiary/aromatic N) is 2. The minimum Gasteiger partial charge on any atom is -0.395 e. The molecule has 1 heterocycles. The first-order valence-electron chi connectivity index (χ1n) is 5.49. The van der Waals surface area contributed by atoms with Crippen LogP contribution in [0.5, 0.6) is 0 Å². The number of aromatic nitrogens is 2. The average molecular weight is 257 g/mol. The molecule has 0 unspecified atom stereocenters. The molecule has 0 spiro atoms. The predicted octanol–water partition coefficient (Wildman–Crippen LogP) is 0.839. The number of nitrogens with one attached hydrogen (secondary N) is 1. The Morgan fingerprint density at radius 3 is 2.88 bits per heavy atom. The lowest BCUT2D eigenvalue weighted by Gasteiger charge is -2.22. The molecule has 0 fully saturated rings. The Morgan fingerprint density at radius 1 is 1.59 bits per heavy atom. The molecule has 0 saturated heterocycles. The van der Waals surface area contributed by atoms with Crippen molar-refractivity contribution in [2.75, 3.05) is 18.9 Å². The van der Waals surface area contributed by atoms with Crippen molar-refractivity contribution in [3.8, 4) is 0 Å². The van der Waals surface area contributed by atoms with Crippen molar-refractivity contribution in [1.82, 2.24) is 14.9 Å². The van der Waals surface area contributed by atoms with Crippen LogP contribution in [0.4, 0.5) is 0 Å². The van der Waals surface area contributed by atoms with Gasteiger partial charge in [-0.1, -0.05) is 11.8 Å². The summed E-state index contributed by atoms with van der Waals surface area (Å²) in [5, 5.41) is 12.0. The van der Waals surface area contributed by atoms with Gasteiger partial charge in [-0.25, -0.2) is 4.98 Å². The fourth-order valence-electron chi connectivity index (χ4n) is 1.28. The Balaban J connectivity index is 2.53. The van der Waals surface area contributed by atoms with Crippen LogP contribution in [0.3, 0.4) is 0 Å². The molecule has 0 aliphatic heterocycles. The third-order valence-corrected chi connectivity index (χ3v) is 3.06. The Bertz CT molecular complexity index is 371. The van der Waals surface area contributed by atoms with Crippen molar-refractivity contribution in [3.63, 3.8) is 0 Å². The molecule has 1 aromatic rings. The van der Waals surface area contributed by atoms with E-state index in [4.69, 9.17) is 5.11 Å². The van der Waals surface area contributed by atoms with Crippen molar-refractivity contribution >= 4 is 17.7 Å². The summed E-state index contributed by atoms with van der Waals surface area (Å²) in [7, 11) is 0. The summed E-state index contributed by atoms with van der Waals surface area (Å²) in [5.41, 5.74) is -0.0413. The Kier molecular flexibility index (Phi) is 5.02. The van der Waals surface area contributed by atoms with E-state index in [0.29, 0.717) is 12.3 Å². The second-order valence-electron chi connectivity index (χ2n) is 4.61. The Hall–Kier alpha value is -1.01. The van der Waals surface area contributed by atoms with Gasteiger partial charge in [0.2, 0.25) is 5.91 Å². The van der Waals surface area contributed by atoms with Crippen molar-refractivity contribution in [2.24, 2.45) is 0 Å². The maximum absolute atomic E-state index is 11.4. The lowest BCUT2D eigenvalue weighted by molar-refractivity contribution is -0.118. The summed E-state index contributed by atoms with van der Waals surface area (Å²) in [6.07, 6.45) is 3.65. The molecule has 0 aliphatic rings. The van der Waals surface area contributed by atoms with Crippen LogP contribution < -0.4 is 5.32 Å². The van der Waals surface area contributed by atoms with E-state index in [9.17, 15) is 4.79 Å². The van der Waals surface area contributed by atoms with Gasteiger partial charge in [0.15, 0.2) is 5.16 Å². The molecule has 17 heavy (non-hydrogen) atoms. The Morgan fingerprint density at radius 2 is 2.29 bits per heavy atom. The third kappa shape index (κ3) is 4.40. The molecule has 2 N–H and O–H groups in total. The molecular formula is C11H19N3O2S. The van der Waals surface area contributed by atoms with Crippen LogP contribution in [0.15, 0.2) is 17.6 Å². The molecule has 0 aliphatic carbocycles. The van der Waals surface area contributed by atoms with Crippen molar-refractivity contribution < 1.29 is 9.90 Å². The van der Waals surface area contributed by atoms with Crippen LogP contribution in [-0.2, 0) is 10.3 Å². The van der Waals surface area contributed by atoms with Gasteiger partial charge < -0.3 is 15.0 Å². The summed E-state index contributed by atoms with van der Waals surface area (Å²) in [6, 6.07) is 0. The lowest BCUT2D eigenvalue weighted by atomic mass is 10.1. The number of imidazole rings is 1. The largest absolute Gasteiger partial charge is 0.395 e. The second kappa shape index (κ2) is 6.07. The standard InChI is InChI=1S/C11H19N3O2S/c1-11(2,3)14-6-4-13-10(14)17-8-9(16)12-5-7-15/h4,6,15H,5,7-8H2,1-3H3,(H,12,16). The van der Waals surface area contributed by atoms with Gasteiger partial charge in [-0.15, -0.1) is 0 Å². The van der Waals surface area contributed by atoms with Crippen molar-refractivity contribution in [2.45, 2.75) is 31.5 Å². The number of aliphatic hydroxyl groups excluding tert-OH is 1. The number of rotatable bonds is 5. The average Bonchev–Trinajstić information content (AvgIpc) is 2.71. The van der Waals surface area contributed by atoms with Gasteiger partial charge in [0.25, 0.3) is 0 Å². The zero-order valence-corrected chi connectivity index (χ0v) is 11.3. The van der Waals surface area contributed by atoms with Gasteiger partial charge in [-0.3, -0.25) is 4.79 Å². The summed E-state index contributed by atoms with van der Waals surface area (Å²) in [5.74, 6) is 0.222. The quantitative estimate of drug-likeness (QED) is 0.767. The van der Waals surface area contributed by atoms with Crippen molar-refractivity contribution in [3.05, 3.63) is 12.4 Å². The zero-order chi connectivity index (χ0) is 12.9. The first-order chi connectivity index (χ1) is 7.95. The molecule has 5 nitrogen and oxygen atoms in total. The molecular weight excluding hydrogens is 238 g/mol. The molecule has 1 rings (SSSR count). The van der Waals surface area contributed by atoms with E-state index in [-0.39, 0.29) is 18.1 Å². The lowest BCUT2D eigenvalue weighted by Crippen LogP contribution is -2.28. The van der Waals surface area contributed by atoms with Crippen LogP contribution in [0, 0.1) is 0 Å². The molecule has 96 valence electrons. The van der Waals surface area contributed by atoms with E-state index in [0.717, 1.165) is 5.16 Å². The molecule has 0 saturated carbocycles. The van der Waals surface area contributed by atoms with Crippen molar-refractivity contribution in [1.29, 1.82) is 0 Å². The SMILES string of the molecule is CC(C)(C)n1ccnc1SCC(=O)NCCO. The van der Waals surface area contributed by atoms with E-state index in [1.54, 1.807) is 6.20 Å². The van der Waals surface area contributed by atoms with Gasteiger partial charge >= 0.3 is 0 Å². The first-order valence-corrected chi connectivity index (χ1v) is 6.48. The van der Waals surface area contributed by atoms with Gasteiger partial charge in [0.1, 0.15) is 0 Å². The van der Waals surface area contributed by atoms with Crippen LogP contribution in [0.25, 0.3) is 0 Å². The number of hydrogen-bond donors (Lipinski definition) is 2. The van der Waals surface area contributed by atoms with Crippen LogP contribution in [0.2, 0.25) is 0 Å². The fraction of sp³-hybridized carbons (Fsp3) is 0.636. The minimum atomic E-state index is -0.0903. The van der Waals surface area contributed by atoms with Crippen LogP contribution in [-0.4, -0.2) is 39.5 Å². The van der Waals surface area contributed by atoms with E-state index >= 15 is 0 Å². The van der Waals surface area contributed by atoms with E-state index < -0.39 is 0 Å². The number of carbonyl (C=O) groups excluding carboxylic acids is 1. The monoisotopic (exact) mass is 257 g/mol. The van der Waals surface area contributed by atoms with Crippen LogP contribution in [0.1, 0.15) is 20.8 Å². The fourth-order valence-corrected chi connectivity index (χ4v) is 2.25. The summed E-state index contributed by atoms with van der Waals surface area (Å²) in [4.78, 5) is 15.6. The smallest absolute Gasteiger partial charge is 0.230 e. The summed E-state index contributed by atoms with van der Waals surface area (Å²) < 4.78 is 2.04. The summed E-state index contributed by atoms with van der Waals surface area (Å²) >= 11 is 1.40. The minimum absolute atomic E-state index is 0.0347. The summed E-state index contributed by atoms with van der Waals surface area (Å²) in [6.45, 7) is 6.53. The maximum Gasteiger partial charge on any atom is 0.230 e. The van der Waals surface area contributed by atoms with Gasteiger partial charge in [-0.05, 0) is 20.8 Å². The van der Waals surface area contributed by atoms with E-state index in [1.807, 2.05) is 10.8 Å². The first kappa shape index (κ1) is 14.1. The third-order valence-electron chi connectivity index (χ3n) is 2.10. The molecule has 0 atom stereocenters. The second-order valence-corrected chi connectivity index (χ2v) is 5.56. The van der Waals surface area contributed by atoms with E-state index in [1.165, 1.54) is 11.8 Å². The van der Waals surface area contributed by atoms with Gasteiger partial charge in [0, 0.05) is 24.5 Å². The molecule has 0 aromatic carbocycles. The number of thioether (sulfide) groups is 1. The molecule has 6 heteroatoms. The number of hydrogen-bond acceptors (Lipinski definition) is 4. The van der Waals surface area contributed by atoms with Gasteiger partial charge in [0.05, 0.1) is 12.4 Å². The highest BCUT2D eigenvalue weighted by atomic mass is 32.2. The predicted molar refractivity (Wildman–Crippen MR) is 68.0 cm³/mol. The molecule has 1 amide bonds. The number of aliphatic hydroxyl groups is 1. The highest BCUT2D eigenvalue weighted by molar-refractivity contribution is 7.99. The zero-order valence-electron chi connectivity index (χ0n) is 10.4. The maximum atomic E-state index is 11.4. The Labute approximate surface area is 106 Å². The normalized spacial score (nSPS) is 11.5. The molecule has 0 radical (unpaired) electrons. The number of amides is 1. The molecule has 1 aromatic heterocycles.